The molecule has 0 radical (unpaired) electrons. The van der Waals surface area contributed by atoms with Crippen LogP contribution < -0.4 is 0 Å². The Labute approximate surface area is 99.3 Å². The van der Waals surface area contributed by atoms with Gasteiger partial charge >= 0.3 is 0 Å². The highest BCUT2D eigenvalue weighted by Gasteiger charge is 2.47. The van der Waals surface area contributed by atoms with Gasteiger partial charge in [-0.2, -0.15) is 0 Å². The molecule has 0 aromatic rings. The Hall–Kier alpha value is -0.590. The number of rotatable bonds is 2. The van der Waals surface area contributed by atoms with Crippen molar-refractivity contribution in [1.29, 1.82) is 0 Å². The zero-order valence-electron chi connectivity index (χ0n) is 10.7. The lowest BCUT2D eigenvalue weighted by Crippen LogP contribution is -2.40. The van der Waals surface area contributed by atoms with Gasteiger partial charge in [0, 0.05) is 5.92 Å². The molecule has 16 heavy (non-hydrogen) atoms. The van der Waals surface area contributed by atoms with E-state index in [1.807, 2.05) is 19.1 Å². The summed E-state index contributed by atoms with van der Waals surface area (Å²) in [5.41, 5.74) is 0.383. The zero-order chi connectivity index (χ0) is 11.6. The van der Waals surface area contributed by atoms with E-state index in [1.54, 1.807) is 0 Å². The van der Waals surface area contributed by atoms with Gasteiger partial charge in [0.1, 0.15) is 0 Å². The number of hydrogen-bond acceptors (Lipinski definition) is 1. The van der Waals surface area contributed by atoms with E-state index in [0.29, 0.717) is 23.0 Å². The lowest BCUT2D eigenvalue weighted by atomic mass is 9.59. The Balaban J connectivity index is 2.24. The Kier molecular flexibility index (Phi) is 3.51. The van der Waals surface area contributed by atoms with Gasteiger partial charge in [-0.3, -0.25) is 4.79 Å². The lowest BCUT2D eigenvalue weighted by Gasteiger charge is -2.44. The quantitative estimate of drug-likeness (QED) is 0.639. The van der Waals surface area contributed by atoms with Crippen LogP contribution in [0.3, 0.4) is 0 Å². The highest BCUT2D eigenvalue weighted by atomic mass is 16.1. The van der Waals surface area contributed by atoms with Gasteiger partial charge in [0.25, 0.3) is 0 Å². The fourth-order valence-corrected chi connectivity index (χ4v) is 4.19. The highest BCUT2D eigenvalue weighted by Crippen LogP contribution is 2.54. The average molecular weight is 220 g/mol. The predicted molar refractivity (Wildman–Crippen MR) is 67.2 cm³/mol. The van der Waals surface area contributed by atoms with Crippen LogP contribution in [0.25, 0.3) is 0 Å². The maximum Gasteiger partial charge on any atom is 0.159 e. The molecule has 0 N–H and O–H groups in total. The minimum Gasteiger partial charge on any atom is -0.295 e. The molecule has 2 rings (SSSR count). The van der Waals surface area contributed by atoms with Crippen molar-refractivity contribution >= 4 is 5.78 Å². The first kappa shape index (κ1) is 11.9. The fourth-order valence-electron chi connectivity index (χ4n) is 4.19. The fraction of sp³-hybridized carbons (Fsp3) is 0.800. The lowest BCUT2D eigenvalue weighted by molar-refractivity contribution is -0.126. The molecule has 2 aliphatic rings. The van der Waals surface area contributed by atoms with Gasteiger partial charge in [0.15, 0.2) is 5.78 Å². The first-order valence-electron chi connectivity index (χ1n) is 6.86. The van der Waals surface area contributed by atoms with Gasteiger partial charge < -0.3 is 0 Å². The Bertz CT molecular complexity index is 284. The summed E-state index contributed by atoms with van der Waals surface area (Å²) in [7, 11) is 0. The molecular weight excluding hydrogens is 196 g/mol. The third-order valence-corrected chi connectivity index (χ3v) is 4.80. The molecule has 1 nitrogen and oxygen atoms in total. The van der Waals surface area contributed by atoms with Crippen molar-refractivity contribution in [3.05, 3.63) is 12.2 Å². The SMILES string of the molecule is CC=CC(=O)C1C(C)CCCC12CCCC2. The highest BCUT2D eigenvalue weighted by molar-refractivity contribution is 5.92. The van der Waals surface area contributed by atoms with E-state index in [2.05, 4.69) is 6.92 Å². The molecule has 0 amide bonds. The minimum atomic E-state index is 0.319. The molecule has 0 saturated heterocycles. The smallest absolute Gasteiger partial charge is 0.159 e. The largest absolute Gasteiger partial charge is 0.295 e. The standard InChI is InChI=1S/C15H24O/c1-3-7-13(16)14-12(2)8-6-11-15(14)9-4-5-10-15/h3,7,12,14H,4-6,8-11H2,1-2H3. The van der Waals surface area contributed by atoms with Crippen molar-refractivity contribution in [2.75, 3.05) is 0 Å². The number of carbonyl (C=O) groups excluding carboxylic acids is 1. The van der Waals surface area contributed by atoms with E-state index in [4.69, 9.17) is 0 Å². The van der Waals surface area contributed by atoms with Gasteiger partial charge in [-0.05, 0) is 50.0 Å². The third-order valence-electron chi connectivity index (χ3n) is 4.80. The number of carbonyl (C=O) groups is 1. The third kappa shape index (κ3) is 1.97. The van der Waals surface area contributed by atoms with Gasteiger partial charge in [0.2, 0.25) is 0 Å². The van der Waals surface area contributed by atoms with E-state index in [1.165, 1.54) is 44.9 Å². The van der Waals surface area contributed by atoms with Crippen LogP contribution in [0.1, 0.15) is 58.8 Å². The van der Waals surface area contributed by atoms with Crippen molar-refractivity contribution in [1.82, 2.24) is 0 Å². The topological polar surface area (TPSA) is 17.1 Å². The van der Waals surface area contributed by atoms with Gasteiger partial charge in [-0.15, -0.1) is 0 Å². The van der Waals surface area contributed by atoms with Crippen molar-refractivity contribution < 1.29 is 4.79 Å². The van der Waals surface area contributed by atoms with Crippen molar-refractivity contribution in [3.63, 3.8) is 0 Å². The molecule has 0 heterocycles. The van der Waals surface area contributed by atoms with E-state index >= 15 is 0 Å². The van der Waals surface area contributed by atoms with Crippen LogP contribution in [0.5, 0.6) is 0 Å². The van der Waals surface area contributed by atoms with Crippen molar-refractivity contribution in [3.8, 4) is 0 Å². The van der Waals surface area contributed by atoms with Crippen LogP contribution in [0.4, 0.5) is 0 Å². The molecular formula is C15H24O. The number of allylic oxidation sites excluding steroid dienone is 2. The molecule has 0 bridgehead atoms. The number of ketones is 1. The van der Waals surface area contributed by atoms with Crippen LogP contribution >= 0.6 is 0 Å². The second-order valence-corrected chi connectivity index (χ2v) is 5.82. The zero-order valence-corrected chi connectivity index (χ0v) is 10.7. The van der Waals surface area contributed by atoms with Gasteiger partial charge in [0.05, 0.1) is 0 Å². The first-order chi connectivity index (χ1) is 7.69. The summed E-state index contributed by atoms with van der Waals surface area (Å²) in [4.78, 5) is 12.3. The minimum absolute atomic E-state index is 0.319. The Morgan fingerprint density at radius 2 is 1.81 bits per heavy atom. The number of hydrogen-bond donors (Lipinski definition) is 0. The van der Waals surface area contributed by atoms with E-state index < -0.39 is 0 Å². The van der Waals surface area contributed by atoms with Gasteiger partial charge in [-0.1, -0.05) is 32.3 Å². The van der Waals surface area contributed by atoms with Crippen LogP contribution in [0.15, 0.2) is 12.2 Å². The summed E-state index contributed by atoms with van der Waals surface area (Å²) in [6, 6.07) is 0. The summed E-state index contributed by atoms with van der Waals surface area (Å²) in [5.74, 6) is 1.31. The van der Waals surface area contributed by atoms with E-state index in [9.17, 15) is 4.79 Å². The second-order valence-electron chi connectivity index (χ2n) is 5.82. The molecule has 0 aromatic heterocycles. The van der Waals surface area contributed by atoms with Crippen LogP contribution in [0.2, 0.25) is 0 Å². The summed E-state index contributed by atoms with van der Waals surface area (Å²) in [6.45, 7) is 4.23. The van der Waals surface area contributed by atoms with E-state index in [0.717, 1.165) is 0 Å². The summed E-state index contributed by atoms with van der Waals surface area (Å²) in [5, 5.41) is 0. The van der Waals surface area contributed by atoms with Gasteiger partial charge in [-0.25, -0.2) is 0 Å². The van der Waals surface area contributed by atoms with Crippen LogP contribution in [-0.4, -0.2) is 5.78 Å². The van der Waals surface area contributed by atoms with Crippen molar-refractivity contribution in [2.24, 2.45) is 17.3 Å². The monoisotopic (exact) mass is 220 g/mol. The molecule has 2 saturated carbocycles. The summed E-state index contributed by atoms with van der Waals surface area (Å²) in [6.07, 6.45) is 12.9. The molecule has 2 atom stereocenters. The molecule has 0 aliphatic heterocycles. The molecule has 0 aromatic carbocycles. The molecule has 1 spiro atoms. The summed E-state index contributed by atoms with van der Waals surface area (Å²) < 4.78 is 0. The van der Waals surface area contributed by atoms with E-state index in [-0.39, 0.29) is 0 Å². The molecule has 1 heteroatoms. The van der Waals surface area contributed by atoms with Crippen LogP contribution in [-0.2, 0) is 4.79 Å². The molecule has 90 valence electrons. The predicted octanol–water partition coefficient (Wildman–Crippen LogP) is 4.13. The maximum atomic E-state index is 12.3. The molecule has 2 fully saturated rings. The van der Waals surface area contributed by atoms with Crippen molar-refractivity contribution in [2.45, 2.75) is 58.8 Å². The average Bonchev–Trinajstić information content (AvgIpc) is 2.67. The maximum absolute atomic E-state index is 12.3. The normalized spacial score (nSPS) is 33.6. The molecule has 2 unspecified atom stereocenters. The summed E-state index contributed by atoms with van der Waals surface area (Å²) >= 11 is 0. The first-order valence-corrected chi connectivity index (χ1v) is 6.86. The second kappa shape index (κ2) is 4.73. The Morgan fingerprint density at radius 1 is 1.19 bits per heavy atom. The van der Waals surface area contributed by atoms with Crippen LogP contribution in [0, 0.1) is 17.3 Å². The Morgan fingerprint density at radius 3 is 2.44 bits per heavy atom. The molecule has 2 aliphatic carbocycles.